The molecule has 2 aromatic rings. The van der Waals surface area contributed by atoms with Crippen molar-refractivity contribution >= 4 is 81.8 Å². The molecular weight excluding hydrogens is 725 g/mol. The lowest BCUT2D eigenvalue weighted by atomic mass is 9.82. The Labute approximate surface area is 291 Å². The van der Waals surface area contributed by atoms with Gasteiger partial charge in [-0.05, 0) is 90.7 Å². The zero-order valence-electron chi connectivity index (χ0n) is 27.8. The minimum absolute atomic E-state index is 0.0147. The van der Waals surface area contributed by atoms with Gasteiger partial charge in [0.05, 0.1) is 58.3 Å². The van der Waals surface area contributed by atoms with Crippen molar-refractivity contribution in [1.29, 1.82) is 0 Å². The van der Waals surface area contributed by atoms with Gasteiger partial charge in [-0.3, -0.25) is 14.6 Å². The largest absolute Gasteiger partial charge is 0.481 e. The number of hydrogen-bond acceptors (Lipinski definition) is 7. The summed E-state index contributed by atoms with van der Waals surface area (Å²) in [6.45, 7) is 10.0. The summed E-state index contributed by atoms with van der Waals surface area (Å²) in [6, 6.07) is 0. The van der Waals surface area contributed by atoms with E-state index in [1.807, 2.05) is 27.0 Å². The first-order valence-electron chi connectivity index (χ1n) is 16.0. The first kappa shape index (κ1) is 33.4. The van der Waals surface area contributed by atoms with Crippen LogP contribution in [0.15, 0.2) is 36.6 Å². The highest BCUT2D eigenvalue weighted by atomic mass is 127. The molecule has 2 atom stereocenters. The molecule has 0 amide bonds. The lowest BCUT2D eigenvalue weighted by Crippen LogP contribution is -2.42. The number of carbonyl (C=O) groups excluding carboxylic acids is 1. The van der Waals surface area contributed by atoms with Gasteiger partial charge in [-0.15, -0.1) is 0 Å². The molecule has 250 valence electrons. The SMILES string of the molecule is CCC1=C(C)/C2=C/c3c(/C=C/I)c(C)c4n3Nn3/c(c(C)c(C(=O)O)/c3=C(\CC(=O)OC)C3=N/C(=C\4)[C@@H](C)[C@@H]3CCCC(=O)O)=C\C1=N2. The molecule has 6 heterocycles. The van der Waals surface area contributed by atoms with Crippen molar-refractivity contribution in [3.63, 3.8) is 0 Å². The Morgan fingerprint density at radius 3 is 2.44 bits per heavy atom. The minimum Gasteiger partial charge on any atom is -0.481 e. The fraction of sp³-hybridized carbons (Fsp3) is 0.361. The maximum absolute atomic E-state index is 13.3. The van der Waals surface area contributed by atoms with Crippen LogP contribution in [0.2, 0.25) is 0 Å². The van der Waals surface area contributed by atoms with Crippen molar-refractivity contribution in [2.45, 2.75) is 66.7 Å². The van der Waals surface area contributed by atoms with Crippen LogP contribution >= 0.6 is 22.6 Å². The summed E-state index contributed by atoms with van der Waals surface area (Å²) in [5.41, 5.74) is 13.2. The number of fused-ring (bicyclic) bond motifs is 2. The standard InChI is InChI=1S/C36H38IN5O6/c1-7-21-17(2)25-15-30-22(11-12-37)19(4)28-14-26-18(3)23(9-8-10-31(43)44)34(39-26)24(13-32(45)48-6)35-33(36(46)47)20(5)29(16-27(21)38-25)42(35)40-41(28)30/h11-12,14-16,18,23,40H,7-10,13H2,1-6H3,(H,43,44)(H,46,47)/b12-11+,25-15-,26-14-,27-16?,28-14?,29-16-,30-15?,34-24?,35-24-/t18-,23-/m0/s1. The number of methoxy groups -OCH3 is 1. The molecule has 11 nitrogen and oxygen atoms in total. The summed E-state index contributed by atoms with van der Waals surface area (Å²) in [4.78, 5) is 48.2. The third-order valence-corrected chi connectivity index (χ3v) is 10.3. The van der Waals surface area contributed by atoms with E-state index in [0.717, 1.165) is 57.2 Å². The number of halogens is 1. The Morgan fingerprint density at radius 1 is 1.04 bits per heavy atom. The van der Waals surface area contributed by atoms with E-state index in [9.17, 15) is 24.6 Å². The van der Waals surface area contributed by atoms with Crippen molar-refractivity contribution in [3.8, 4) is 0 Å². The van der Waals surface area contributed by atoms with Gasteiger partial charge >= 0.3 is 17.9 Å². The fourth-order valence-electron chi connectivity index (χ4n) is 7.40. The van der Waals surface area contributed by atoms with Crippen LogP contribution in [-0.4, -0.2) is 56.0 Å². The normalized spacial score (nSPS) is 23.4. The van der Waals surface area contributed by atoms with E-state index in [1.165, 1.54) is 7.11 Å². The molecule has 4 aliphatic rings. The van der Waals surface area contributed by atoms with Crippen molar-refractivity contribution in [2.24, 2.45) is 21.8 Å². The van der Waals surface area contributed by atoms with Gasteiger partial charge in [0.1, 0.15) is 0 Å². The number of carbonyl (C=O) groups is 3. The summed E-state index contributed by atoms with van der Waals surface area (Å²) in [6.07, 6.45) is 9.44. The highest BCUT2D eigenvalue weighted by Crippen LogP contribution is 2.40. The number of allylic oxidation sites excluding steroid dienone is 3. The Kier molecular flexibility index (Phi) is 8.96. The highest BCUT2D eigenvalue weighted by molar-refractivity contribution is 14.1. The average Bonchev–Trinajstić information content (AvgIpc) is 3.68. The summed E-state index contributed by atoms with van der Waals surface area (Å²) in [5, 5.41) is 21.2. The van der Waals surface area contributed by atoms with Crippen molar-refractivity contribution < 1.29 is 29.3 Å². The summed E-state index contributed by atoms with van der Waals surface area (Å²) >= 11 is 2.21. The van der Waals surface area contributed by atoms with Crippen LogP contribution in [0.1, 0.15) is 91.3 Å². The molecule has 0 radical (unpaired) electrons. The van der Waals surface area contributed by atoms with Gasteiger partial charge < -0.3 is 14.9 Å². The molecule has 12 heteroatoms. The molecule has 0 saturated heterocycles. The Hall–Kier alpha value is -4.46. The summed E-state index contributed by atoms with van der Waals surface area (Å²) in [5.74, 6) is -2.99. The van der Waals surface area contributed by atoms with E-state index in [-0.39, 0.29) is 30.2 Å². The molecular formula is C36H38IN5O6. The zero-order valence-corrected chi connectivity index (χ0v) is 29.9. The number of rotatable bonds is 9. The van der Waals surface area contributed by atoms with Gasteiger partial charge in [0.15, 0.2) is 0 Å². The predicted molar refractivity (Wildman–Crippen MR) is 195 cm³/mol. The number of aliphatic carboxylic acids is 1. The molecule has 4 aliphatic heterocycles. The van der Waals surface area contributed by atoms with Gasteiger partial charge in [0.2, 0.25) is 0 Å². The number of nitrogens with zero attached hydrogens (tertiary/aromatic N) is 4. The third-order valence-electron chi connectivity index (χ3n) is 9.94. The zero-order chi connectivity index (χ0) is 34.6. The first-order chi connectivity index (χ1) is 22.9. The Balaban J connectivity index is 1.85. The predicted octanol–water partition coefficient (Wildman–Crippen LogP) is 5.36. The molecule has 0 aromatic carbocycles. The molecule has 0 aliphatic carbocycles. The molecule has 6 rings (SSSR count). The van der Waals surface area contributed by atoms with Crippen LogP contribution in [-0.2, 0) is 14.3 Å². The third kappa shape index (κ3) is 5.39. The number of hydrogen-bond donors (Lipinski definition) is 3. The second-order valence-electron chi connectivity index (χ2n) is 12.5. The lowest BCUT2D eigenvalue weighted by Gasteiger charge is -2.20. The van der Waals surface area contributed by atoms with E-state index in [0.29, 0.717) is 40.4 Å². The van der Waals surface area contributed by atoms with Crippen LogP contribution in [0.4, 0.5) is 0 Å². The molecule has 0 unspecified atom stereocenters. The van der Waals surface area contributed by atoms with E-state index in [2.05, 4.69) is 61.9 Å². The summed E-state index contributed by atoms with van der Waals surface area (Å²) < 4.78 is 10.8. The second kappa shape index (κ2) is 12.9. The Morgan fingerprint density at radius 2 is 1.79 bits per heavy atom. The molecule has 48 heavy (non-hydrogen) atoms. The summed E-state index contributed by atoms with van der Waals surface area (Å²) in [7, 11) is 1.30. The quantitative estimate of drug-likeness (QED) is 0.230. The van der Waals surface area contributed by atoms with Crippen LogP contribution in [0.3, 0.4) is 0 Å². The van der Waals surface area contributed by atoms with E-state index < -0.39 is 17.9 Å². The first-order valence-corrected chi connectivity index (χ1v) is 17.2. The van der Waals surface area contributed by atoms with Gasteiger partial charge in [-0.25, -0.2) is 24.7 Å². The number of carboxylic acid groups (broad SMARTS) is 2. The molecule has 2 aromatic heterocycles. The van der Waals surface area contributed by atoms with Crippen LogP contribution in [0.5, 0.6) is 0 Å². The molecule has 3 N–H and O–H groups in total. The monoisotopic (exact) mass is 763 g/mol. The van der Waals surface area contributed by atoms with Gasteiger partial charge in [0, 0.05) is 35.1 Å². The van der Waals surface area contributed by atoms with E-state index in [1.54, 1.807) is 11.6 Å². The average molecular weight is 764 g/mol. The van der Waals surface area contributed by atoms with E-state index in [4.69, 9.17) is 14.7 Å². The molecule has 0 fully saturated rings. The topological polar surface area (TPSA) is 148 Å². The smallest absolute Gasteiger partial charge is 0.338 e. The number of nitrogens with one attached hydrogen (secondary N) is 1. The maximum atomic E-state index is 13.3. The second-order valence-corrected chi connectivity index (χ2v) is 13.2. The van der Waals surface area contributed by atoms with Crippen molar-refractivity contribution in [1.82, 2.24) is 9.35 Å². The highest BCUT2D eigenvalue weighted by Gasteiger charge is 2.38. The fourth-order valence-corrected chi connectivity index (χ4v) is 7.76. The molecule has 6 bridgehead atoms. The van der Waals surface area contributed by atoms with Crippen LogP contribution < -0.4 is 16.2 Å². The van der Waals surface area contributed by atoms with Crippen LogP contribution in [0, 0.1) is 25.7 Å². The lowest BCUT2D eigenvalue weighted by molar-refractivity contribution is -0.139. The minimum atomic E-state index is -1.15. The van der Waals surface area contributed by atoms with Crippen LogP contribution in [0.25, 0.3) is 29.9 Å². The van der Waals surface area contributed by atoms with Gasteiger partial charge in [0.25, 0.3) is 0 Å². The maximum Gasteiger partial charge on any atom is 0.338 e. The number of aromatic carboxylic acids is 1. The van der Waals surface area contributed by atoms with E-state index >= 15 is 0 Å². The van der Waals surface area contributed by atoms with Gasteiger partial charge in [-0.1, -0.05) is 36.4 Å². The van der Waals surface area contributed by atoms with Crippen molar-refractivity contribution in [2.75, 3.05) is 12.6 Å². The molecule has 0 spiro atoms. The number of esters is 1. The number of ether oxygens (including phenoxy) is 1. The van der Waals surface area contributed by atoms with Gasteiger partial charge in [-0.2, -0.15) is 0 Å². The molecule has 0 saturated carbocycles. The number of aliphatic imine (C=N–C) groups is 2. The Bertz CT molecular complexity index is 2120. The number of aromatic nitrogens is 2. The van der Waals surface area contributed by atoms with Crippen molar-refractivity contribution in [3.05, 3.63) is 71.0 Å². The number of carboxylic acids is 2.